The molecule has 0 saturated heterocycles. The third kappa shape index (κ3) is 98.5. The zero-order valence-corrected chi connectivity index (χ0v) is 4.04. The summed E-state index contributed by atoms with van der Waals surface area (Å²) in [5, 5.41) is 0. The van der Waals surface area contributed by atoms with Crippen LogP contribution in [0.4, 0.5) is 0 Å². The van der Waals surface area contributed by atoms with Crippen LogP contribution >= 0.6 is 0 Å². The molecular weight excluding hydrogens is 83.0 g/mol. The van der Waals surface area contributed by atoms with Crippen LogP contribution in [0.2, 0.25) is 0 Å². The normalized spacial score (nSPS) is 11.8. The van der Waals surface area contributed by atoms with E-state index < -0.39 is 7.94 Å². The van der Waals surface area contributed by atoms with Gasteiger partial charge in [-0.1, -0.05) is 0 Å². The van der Waals surface area contributed by atoms with Gasteiger partial charge in [0.05, 0.1) is 0 Å². The van der Waals surface area contributed by atoms with Gasteiger partial charge in [0.1, 0.15) is 0 Å². The van der Waals surface area contributed by atoms with Crippen LogP contribution in [0.3, 0.4) is 0 Å². The third-order valence-corrected chi connectivity index (χ3v) is 0. The molecule has 0 aromatic carbocycles. The van der Waals surface area contributed by atoms with Crippen molar-refractivity contribution in [2.24, 2.45) is 0 Å². The second-order valence-corrected chi connectivity index (χ2v) is 3.43. The summed E-state index contributed by atoms with van der Waals surface area (Å²) < 4.78 is 19.3. The van der Waals surface area contributed by atoms with Crippen molar-refractivity contribution in [3.63, 3.8) is 0 Å². The van der Waals surface area contributed by atoms with Gasteiger partial charge in [0.15, 0.2) is 0 Å². The molecule has 4 heteroatoms. The standard InChI is InChI=1S/CH3O2S.Li/c1-4(2)3;/h1H3;. The molecular formula is CH3LiO2S. The van der Waals surface area contributed by atoms with Crippen molar-refractivity contribution in [1.29, 1.82) is 0 Å². The summed E-state index contributed by atoms with van der Waals surface area (Å²) in [5.74, 6) is 0. The van der Waals surface area contributed by atoms with E-state index in [0.717, 1.165) is 22.8 Å². The third-order valence-electron chi connectivity index (χ3n) is 0. The van der Waals surface area contributed by atoms with Crippen LogP contribution in [0.25, 0.3) is 0 Å². The summed E-state index contributed by atoms with van der Waals surface area (Å²) in [5.41, 5.74) is 0. The molecule has 0 amide bonds. The molecule has 0 aromatic rings. The molecule has 5 heavy (non-hydrogen) atoms. The van der Waals surface area contributed by atoms with Gasteiger partial charge in [-0.15, -0.1) is 0 Å². The Bertz CT molecular complexity index is 92.8. The molecule has 0 spiro atoms. The van der Waals surface area contributed by atoms with Crippen LogP contribution in [0.5, 0.6) is 0 Å². The Morgan fingerprint density at radius 2 is 1.60 bits per heavy atom. The average molecular weight is 86.0 g/mol. The first-order valence-electron chi connectivity index (χ1n) is 1.15. The first-order valence-corrected chi connectivity index (χ1v) is 3.45. The van der Waals surface area contributed by atoms with Gasteiger partial charge in [-0.25, -0.2) is 0 Å². The minimum atomic E-state index is -2.67. The van der Waals surface area contributed by atoms with E-state index in [2.05, 4.69) is 0 Å². The van der Waals surface area contributed by atoms with Crippen molar-refractivity contribution in [1.82, 2.24) is 0 Å². The van der Waals surface area contributed by atoms with Crippen molar-refractivity contribution < 1.29 is 8.42 Å². The van der Waals surface area contributed by atoms with Gasteiger partial charge in [-0.3, -0.25) is 0 Å². The maximum absolute atomic E-state index is 9.63. The fourth-order valence-corrected chi connectivity index (χ4v) is 0. The molecule has 0 aliphatic rings. The van der Waals surface area contributed by atoms with E-state index in [9.17, 15) is 8.42 Å². The molecule has 0 N–H and O–H groups in total. The Kier molecular flexibility index (Phi) is 1.48. The second-order valence-electron chi connectivity index (χ2n) is 1.14. The molecule has 0 fully saturated rings. The van der Waals surface area contributed by atoms with Gasteiger partial charge in [0.25, 0.3) is 0 Å². The fourth-order valence-electron chi connectivity index (χ4n) is 0. The first kappa shape index (κ1) is 5.55. The Balaban J connectivity index is 4.06. The molecule has 0 bridgehead atoms. The maximum atomic E-state index is 9.63. The van der Waals surface area contributed by atoms with Crippen molar-refractivity contribution in [3.05, 3.63) is 0 Å². The average Bonchev–Trinajstić information content (AvgIpc) is 0.722. The van der Waals surface area contributed by atoms with Crippen LogP contribution in [0, 0.1) is 0 Å². The van der Waals surface area contributed by atoms with E-state index in [1.54, 1.807) is 0 Å². The summed E-state index contributed by atoms with van der Waals surface area (Å²) in [4.78, 5) is 0. The molecule has 0 aliphatic carbocycles. The van der Waals surface area contributed by atoms with E-state index >= 15 is 0 Å². The quantitative estimate of drug-likeness (QED) is 0.358. The molecule has 0 heterocycles. The van der Waals surface area contributed by atoms with Crippen LogP contribution in [-0.2, 0) is 7.94 Å². The van der Waals surface area contributed by atoms with Crippen molar-refractivity contribution in [2.45, 2.75) is 0 Å². The Hall–Kier alpha value is 0.547. The van der Waals surface area contributed by atoms with Gasteiger partial charge < -0.3 is 0 Å². The molecule has 0 rings (SSSR count). The topological polar surface area (TPSA) is 34.1 Å². The fraction of sp³-hybridized carbons (Fsp3) is 1.00. The van der Waals surface area contributed by atoms with Crippen LogP contribution < -0.4 is 0 Å². The van der Waals surface area contributed by atoms with E-state index in [1.165, 1.54) is 0 Å². The van der Waals surface area contributed by atoms with E-state index in [0.29, 0.717) is 0 Å². The predicted molar refractivity (Wildman–Crippen MR) is 20.6 cm³/mol. The van der Waals surface area contributed by atoms with E-state index in [-0.39, 0.29) is 0 Å². The van der Waals surface area contributed by atoms with Crippen molar-refractivity contribution in [3.8, 4) is 0 Å². The molecule has 0 atom stereocenters. The number of hydrogen-bond acceptors (Lipinski definition) is 2. The molecule has 0 saturated carbocycles. The molecule has 0 aliphatic heterocycles. The van der Waals surface area contributed by atoms with Crippen molar-refractivity contribution >= 4 is 24.5 Å². The molecule has 26 valence electrons. The van der Waals surface area contributed by atoms with Gasteiger partial charge >= 0.3 is 39.1 Å². The molecule has 0 radical (unpaired) electrons. The SMILES string of the molecule is [Li][S](C)(=O)=O. The van der Waals surface area contributed by atoms with E-state index in [1.807, 2.05) is 0 Å². The van der Waals surface area contributed by atoms with Gasteiger partial charge in [-0.05, 0) is 0 Å². The number of rotatable bonds is 0. The minimum absolute atomic E-state index is 1.16. The zero-order chi connectivity index (χ0) is 4.50. The number of hydrogen-bond donors (Lipinski definition) is 0. The monoisotopic (exact) mass is 86.0 g/mol. The summed E-state index contributed by atoms with van der Waals surface area (Å²) in [7, 11) is -2.67. The Labute approximate surface area is 39.6 Å². The second kappa shape index (κ2) is 1.33. The van der Waals surface area contributed by atoms with Crippen LogP contribution in [0.1, 0.15) is 0 Å². The predicted octanol–water partition coefficient (Wildman–Crippen LogP) is -0.885. The summed E-state index contributed by atoms with van der Waals surface area (Å²) in [6, 6.07) is 0. The Morgan fingerprint density at radius 1 is 1.60 bits per heavy atom. The van der Waals surface area contributed by atoms with Crippen molar-refractivity contribution in [2.75, 3.05) is 6.26 Å². The van der Waals surface area contributed by atoms with Crippen LogP contribution in [-0.4, -0.2) is 31.2 Å². The van der Waals surface area contributed by atoms with E-state index in [4.69, 9.17) is 0 Å². The van der Waals surface area contributed by atoms with Gasteiger partial charge in [-0.2, -0.15) is 0 Å². The Morgan fingerprint density at radius 3 is 1.60 bits per heavy atom. The summed E-state index contributed by atoms with van der Waals surface area (Å²) in [6.07, 6.45) is 1.16. The van der Waals surface area contributed by atoms with Gasteiger partial charge in [0.2, 0.25) is 0 Å². The molecule has 0 unspecified atom stereocenters. The molecule has 0 aromatic heterocycles. The zero-order valence-electron chi connectivity index (χ0n) is 3.22. The first-order chi connectivity index (χ1) is 2.00. The summed E-state index contributed by atoms with van der Waals surface area (Å²) in [6.45, 7) is 0. The summed E-state index contributed by atoms with van der Waals surface area (Å²) >= 11 is 1.16. The van der Waals surface area contributed by atoms with Gasteiger partial charge in [0, 0.05) is 0 Å². The molecule has 2 nitrogen and oxygen atoms in total. The van der Waals surface area contributed by atoms with Crippen LogP contribution in [0.15, 0.2) is 0 Å².